The van der Waals surface area contributed by atoms with Crippen LogP contribution in [0.25, 0.3) is 0 Å². The lowest BCUT2D eigenvalue weighted by Crippen LogP contribution is -2.34. The van der Waals surface area contributed by atoms with Crippen LogP contribution >= 0.6 is 0 Å². The molecule has 2 unspecified atom stereocenters. The Morgan fingerprint density at radius 2 is 1.84 bits per heavy atom. The Morgan fingerprint density at radius 1 is 1.12 bits per heavy atom. The summed E-state index contributed by atoms with van der Waals surface area (Å²) >= 11 is 0. The number of aliphatic hydroxyl groups is 1. The molecule has 0 aliphatic carbocycles. The third-order valence-corrected chi connectivity index (χ3v) is 4.36. The molecule has 2 atom stereocenters. The first kappa shape index (κ1) is 17.1. The van der Waals surface area contributed by atoms with Crippen molar-refractivity contribution in [2.24, 2.45) is 0 Å². The summed E-state index contributed by atoms with van der Waals surface area (Å²) < 4.78 is 10.5. The second-order valence-corrected chi connectivity index (χ2v) is 5.74. The van der Waals surface area contributed by atoms with Crippen LogP contribution < -0.4 is 14.8 Å². The third-order valence-electron chi connectivity index (χ3n) is 4.36. The standard InChI is InChI=1S/C18H19NO6/c1-24-14-6-5-11(15(18(22)23)17(14)25-2)16-10-4-3-9(20)7-12(10)13(21)8-19-16/h3-7,13,16,19-21H,8H2,1-2H3,(H,22,23). The number of methoxy groups -OCH3 is 2. The first-order valence-electron chi connectivity index (χ1n) is 7.70. The van der Waals surface area contributed by atoms with E-state index in [0.717, 1.165) is 0 Å². The minimum Gasteiger partial charge on any atom is -0.508 e. The first-order valence-corrected chi connectivity index (χ1v) is 7.70. The Hall–Kier alpha value is -2.77. The fraction of sp³-hybridized carbons (Fsp3) is 0.278. The molecular weight excluding hydrogens is 326 g/mol. The second kappa shape index (κ2) is 6.62. The molecule has 1 heterocycles. The van der Waals surface area contributed by atoms with Gasteiger partial charge in [-0.1, -0.05) is 12.1 Å². The molecule has 3 rings (SSSR count). The summed E-state index contributed by atoms with van der Waals surface area (Å²) in [6.45, 7) is 0.231. The van der Waals surface area contributed by atoms with E-state index in [1.54, 1.807) is 18.2 Å². The molecular formula is C18H19NO6. The average Bonchev–Trinajstić information content (AvgIpc) is 2.61. The van der Waals surface area contributed by atoms with Gasteiger partial charge in [0.15, 0.2) is 11.5 Å². The summed E-state index contributed by atoms with van der Waals surface area (Å²) in [5, 5.41) is 32.7. The van der Waals surface area contributed by atoms with Gasteiger partial charge in [0.05, 0.1) is 26.4 Å². The van der Waals surface area contributed by atoms with Crippen molar-refractivity contribution in [2.45, 2.75) is 12.1 Å². The number of carboxylic acids is 1. The topological polar surface area (TPSA) is 108 Å². The maximum absolute atomic E-state index is 11.9. The van der Waals surface area contributed by atoms with Gasteiger partial charge in [-0.2, -0.15) is 0 Å². The number of ether oxygens (including phenoxy) is 2. The Balaban J connectivity index is 2.21. The number of aromatic hydroxyl groups is 1. The smallest absolute Gasteiger partial charge is 0.339 e. The van der Waals surface area contributed by atoms with E-state index < -0.39 is 18.1 Å². The molecule has 1 aliphatic heterocycles. The van der Waals surface area contributed by atoms with Gasteiger partial charge in [-0.3, -0.25) is 0 Å². The van der Waals surface area contributed by atoms with E-state index in [1.807, 2.05) is 0 Å². The van der Waals surface area contributed by atoms with Crippen molar-refractivity contribution < 1.29 is 29.6 Å². The van der Waals surface area contributed by atoms with Crippen molar-refractivity contribution in [2.75, 3.05) is 20.8 Å². The van der Waals surface area contributed by atoms with Gasteiger partial charge >= 0.3 is 5.97 Å². The lowest BCUT2D eigenvalue weighted by Gasteiger charge is -2.31. The number of benzene rings is 2. The molecule has 0 radical (unpaired) electrons. The van der Waals surface area contributed by atoms with E-state index in [2.05, 4.69) is 5.32 Å². The Bertz CT molecular complexity index is 819. The van der Waals surface area contributed by atoms with Gasteiger partial charge in [-0.05, 0) is 34.9 Å². The molecule has 7 heteroatoms. The SMILES string of the molecule is COc1ccc(C2NCC(O)c3cc(O)ccc32)c(C(=O)O)c1OC. The molecule has 0 spiro atoms. The number of rotatable bonds is 4. The number of nitrogens with one attached hydrogen (secondary N) is 1. The van der Waals surface area contributed by atoms with Gasteiger partial charge in [0.25, 0.3) is 0 Å². The number of β-amino-alcohol motifs (C(OH)–C–C–N with tert-alkyl or cyclic N) is 1. The van der Waals surface area contributed by atoms with Crippen molar-refractivity contribution in [3.63, 3.8) is 0 Å². The van der Waals surface area contributed by atoms with Crippen LogP contribution in [0, 0.1) is 0 Å². The van der Waals surface area contributed by atoms with E-state index in [-0.39, 0.29) is 23.6 Å². The second-order valence-electron chi connectivity index (χ2n) is 5.74. The van der Waals surface area contributed by atoms with Crippen LogP contribution in [0.3, 0.4) is 0 Å². The van der Waals surface area contributed by atoms with E-state index in [9.17, 15) is 20.1 Å². The van der Waals surface area contributed by atoms with Crippen LogP contribution in [0.4, 0.5) is 0 Å². The van der Waals surface area contributed by atoms with Gasteiger partial charge < -0.3 is 30.1 Å². The Morgan fingerprint density at radius 3 is 2.48 bits per heavy atom. The zero-order valence-electron chi connectivity index (χ0n) is 13.8. The summed E-state index contributed by atoms with van der Waals surface area (Å²) in [7, 11) is 2.83. The molecule has 0 bridgehead atoms. The molecule has 2 aromatic rings. The number of hydrogen-bond acceptors (Lipinski definition) is 6. The average molecular weight is 345 g/mol. The zero-order chi connectivity index (χ0) is 18.1. The summed E-state index contributed by atoms with van der Waals surface area (Å²) in [5.74, 6) is -0.630. The molecule has 4 N–H and O–H groups in total. The molecule has 25 heavy (non-hydrogen) atoms. The zero-order valence-corrected chi connectivity index (χ0v) is 13.8. The highest BCUT2D eigenvalue weighted by molar-refractivity contribution is 5.94. The maximum atomic E-state index is 11.9. The molecule has 132 valence electrons. The Labute approximate surface area is 144 Å². The highest BCUT2D eigenvalue weighted by atomic mass is 16.5. The van der Waals surface area contributed by atoms with Crippen molar-refractivity contribution in [3.8, 4) is 17.2 Å². The lowest BCUT2D eigenvalue weighted by molar-refractivity contribution is 0.0690. The van der Waals surface area contributed by atoms with Crippen LogP contribution in [-0.4, -0.2) is 42.1 Å². The lowest BCUT2D eigenvalue weighted by atomic mass is 9.86. The molecule has 0 saturated carbocycles. The van der Waals surface area contributed by atoms with Crippen molar-refractivity contribution in [1.29, 1.82) is 0 Å². The number of hydrogen-bond donors (Lipinski definition) is 4. The summed E-state index contributed by atoms with van der Waals surface area (Å²) in [4.78, 5) is 11.9. The monoisotopic (exact) mass is 345 g/mol. The fourth-order valence-corrected chi connectivity index (χ4v) is 3.24. The van der Waals surface area contributed by atoms with Gasteiger partial charge in [0.2, 0.25) is 0 Å². The number of carbonyl (C=O) groups is 1. The summed E-state index contributed by atoms with van der Waals surface area (Å²) in [6.07, 6.45) is -0.785. The fourth-order valence-electron chi connectivity index (χ4n) is 3.24. The number of phenols is 1. The number of phenolic OH excluding ortho intramolecular Hbond substituents is 1. The predicted molar refractivity (Wildman–Crippen MR) is 89.4 cm³/mol. The molecule has 7 nitrogen and oxygen atoms in total. The van der Waals surface area contributed by atoms with E-state index >= 15 is 0 Å². The minimum absolute atomic E-state index is 0.00485. The number of carboxylic acid groups (broad SMARTS) is 1. The number of aliphatic hydroxyl groups excluding tert-OH is 1. The maximum Gasteiger partial charge on any atom is 0.339 e. The van der Waals surface area contributed by atoms with E-state index in [0.29, 0.717) is 22.4 Å². The normalized spacial score (nSPS) is 19.2. The van der Waals surface area contributed by atoms with Crippen molar-refractivity contribution in [1.82, 2.24) is 5.32 Å². The predicted octanol–water partition coefficient (Wildman–Crippen LogP) is 1.83. The van der Waals surface area contributed by atoms with E-state index in [1.165, 1.54) is 26.4 Å². The number of aromatic carboxylic acids is 1. The summed E-state index contributed by atoms with van der Waals surface area (Å²) in [5.41, 5.74) is 1.75. The molecule has 2 aromatic carbocycles. The van der Waals surface area contributed by atoms with Gasteiger partial charge in [0.1, 0.15) is 11.3 Å². The highest BCUT2D eigenvalue weighted by Crippen LogP contribution is 2.41. The van der Waals surface area contributed by atoms with Crippen LogP contribution in [0.2, 0.25) is 0 Å². The molecule has 0 amide bonds. The molecule has 1 aliphatic rings. The van der Waals surface area contributed by atoms with Gasteiger partial charge in [-0.25, -0.2) is 4.79 Å². The third kappa shape index (κ3) is 2.88. The quantitative estimate of drug-likeness (QED) is 0.669. The molecule has 0 saturated heterocycles. The minimum atomic E-state index is -1.14. The number of fused-ring (bicyclic) bond motifs is 1. The van der Waals surface area contributed by atoms with Crippen molar-refractivity contribution >= 4 is 5.97 Å². The largest absolute Gasteiger partial charge is 0.508 e. The molecule has 0 aromatic heterocycles. The summed E-state index contributed by atoms with van der Waals surface area (Å²) in [6, 6.07) is 7.52. The molecule has 0 fully saturated rings. The Kier molecular flexibility index (Phi) is 4.52. The van der Waals surface area contributed by atoms with E-state index in [4.69, 9.17) is 9.47 Å². The van der Waals surface area contributed by atoms with Crippen LogP contribution in [0.1, 0.15) is 39.2 Å². The van der Waals surface area contributed by atoms with Gasteiger partial charge in [-0.15, -0.1) is 0 Å². The van der Waals surface area contributed by atoms with Gasteiger partial charge in [0, 0.05) is 6.54 Å². The van der Waals surface area contributed by atoms with Crippen molar-refractivity contribution in [3.05, 3.63) is 52.6 Å². The van der Waals surface area contributed by atoms with Crippen LogP contribution in [0.15, 0.2) is 30.3 Å². The van der Waals surface area contributed by atoms with Crippen LogP contribution in [-0.2, 0) is 0 Å². The first-order chi connectivity index (χ1) is 12.0. The highest BCUT2D eigenvalue weighted by Gasteiger charge is 2.32. The van der Waals surface area contributed by atoms with Crippen LogP contribution in [0.5, 0.6) is 17.2 Å².